The van der Waals surface area contributed by atoms with Crippen molar-refractivity contribution < 1.29 is 37.3 Å². The molecule has 0 saturated heterocycles. The molecule has 2 atom stereocenters. The highest BCUT2D eigenvalue weighted by Crippen LogP contribution is 2.43. The van der Waals surface area contributed by atoms with E-state index in [1.807, 2.05) is 27.2 Å². The molecule has 0 spiro atoms. The molecule has 0 heterocycles. The maximum atomic E-state index is 12.6. The monoisotopic (exact) mass is 767 g/mol. The van der Waals surface area contributed by atoms with Crippen LogP contribution in [0.2, 0.25) is 0 Å². The number of carbonyl (C=O) groups excluding carboxylic acids is 1. The van der Waals surface area contributed by atoms with Crippen molar-refractivity contribution in [3.8, 4) is 0 Å². The molecule has 0 rings (SSSR count). The summed E-state index contributed by atoms with van der Waals surface area (Å²) in [7, 11) is 1.61. The van der Waals surface area contributed by atoms with Crippen LogP contribution >= 0.6 is 7.82 Å². The van der Waals surface area contributed by atoms with E-state index in [-0.39, 0.29) is 32.2 Å². The second-order valence-electron chi connectivity index (χ2n) is 15.1. The van der Waals surface area contributed by atoms with E-state index in [4.69, 9.17) is 18.5 Å². The van der Waals surface area contributed by atoms with Crippen LogP contribution in [0.3, 0.4) is 0 Å². The summed E-state index contributed by atoms with van der Waals surface area (Å²) in [6, 6.07) is 0. The zero-order chi connectivity index (χ0) is 39.1. The Morgan fingerprint density at radius 3 is 1.64 bits per heavy atom. The maximum absolute atomic E-state index is 12.6. The maximum Gasteiger partial charge on any atom is 0.472 e. The Morgan fingerprint density at radius 2 is 1.09 bits per heavy atom. The van der Waals surface area contributed by atoms with Crippen molar-refractivity contribution in [3.05, 3.63) is 60.9 Å². The molecule has 53 heavy (non-hydrogen) atoms. The average molecular weight is 767 g/mol. The minimum Gasteiger partial charge on any atom is -0.498 e. The van der Waals surface area contributed by atoms with Crippen LogP contribution in [0.1, 0.15) is 162 Å². The van der Waals surface area contributed by atoms with E-state index in [9.17, 15) is 14.3 Å². The van der Waals surface area contributed by atoms with Crippen LogP contribution in [0, 0.1) is 0 Å². The number of hydrogen-bond donors (Lipinski definition) is 1. The summed E-state index contributed by atoms with van der Waals surface area (Å²) >= 11 is 0. The number of phosphoric ester groups is 1. The molecule has 0 fully saturated rings. The fourth-order valence-corrected chi connectivity index (χ4v) is 6.07. The molecule has 0 aliphatic rings. The summed E-state index contributed by atoms with van der Waals surface area (Å²) < 4.78 is 34.7. The van der Waals surface area contributed by atoms with Crippen LogP contribution < -0.4 is 0 Å². The van der Waals surface area contributed by atoms with Crippen molar-refractivity contribution in [2.75, 3.05) is 47.5 Å². The van der Waals surface area contributed by atoms with Crippen LogP contribution in [0.5, 0.6) is 0 Å². The van der Waals surface area contributed by atoms with Gasteiger partial charge in [-0.1, -0.05) is 146 Å². The van der Waals surface area contributed by atoms with E-state index in [2.05, 4.69) is 62.5 Å². The Hall–Kier alpha value is -1.96. The van der Waals surface area contributed by atoms with Gasteiger partial charge in [0.25, 0.3) is 0 Å². The fraction of sp³-hybridized carbons (Fsp3) is 0.750. The highest BCUT2D eigenvalue weighted by atomic mass is 31.2. The van der Waals surface area contributed by atoms with E-state index >= 15 is 0 Å². The molecule has 0 aromatic heterocycles. The smallest absolute Gasteiger partial charge is 0.472 e. The molecule has 0 aliphatic carbocycles. The summed E-state index contributed by atoms with van der Waals surface area (Å²) in [5, 5.41) is 0. The Labute approximate surface area is 326 Å². The number of esters is 1. The first kappa shape index (κ1) is 51.0. The molecule has 8 nitrogen and oxygen atoms in total. The van der Waals surface area contributed by atoms with Crippen LogP contribution in [0.4, 0.5) is 0 Å². The van der Waals surface area contributed by atoms with Crippen molar-refractivity contribution in [1.29, 1.82) is 0 Å². The lowest BCUT2D eigenvalue weighted by Gasteiger charge is -2.24. The van der Waals surface area contributed by atoms with E-state index in [0.717, 1.165) is 57.8 Å². The SMILES string of the molecule is CCC/C=C/C/C=C/C/C=C/C/C=C/CCCCCC(=O)O[C@H](CO/C=C/CCCCCCCCCCCCCC)COP(=O)(O)OCC[N+](C)(C)C. The second-order valence-corrected chi connectivity index (χ2v) is 16.5. The van der Waals surface area contributed by atoms with Gasteiger partial charge >= 0.3 is 13.8 Å². The highest BCUT2D eigenvalue weighted by molar-refractivity contribution is 7.47. The molecule has 0 aromatic rings. The average Bonchev–Trinajstić information content (AvgIpc) is 3.11. The Bertz CT molecular complexity index is 1030. The number of ether oxygens (including phenoxy) is 2. The number of likely N-dealkylation sites (N-methyl/N-ethyl adjacent to an activating group) is 1. The largest absolute Gasteiger partial charge is 0.498 e. The molecule has 0 bridgehead atoms. The second kappa shape index (κ2) is 37.0. The summed E-state index contributed by atoms with van der Waals surface area (Å²) in [6.45, 7) is 4.81. The van der Waals surface area contributed by atoms with E-state index in [1.54, 1.807) is 6.26 Å². The first-order valence-electron chi connectivity index (χ1n) is 21.1. The molecular formula is C44H81NO7P+. The standard InChI is InChI=1S/C44H80NO7P/c1-6-8-10-12-14-16-18-20-22-23-24-25-27-29-31-33-35-37-44(46)52-43(42-51-53(47,48)50-40-38-45(3,4)5)41-49-39-36-34-32-30-28-26-21-19-17-15-13-11-9-7-2/h10,12,16,18,22-23,25,27,36,39,43H,6-9,11,13-15,17,19-21,24,26,28-35,37-38,40-42H2,1-5H3/p+1/b12-10+,18-16+,23-22+,27-25+,39-36+/t43-/m1/s1. The van der Waals surface area contributed by atoms with Gasteiger partial charge in [0.15, 0.2) is 6.10 Å². The topological polar surface area (TPSA) is 91.3 Å². The fourth-order valence-electron chi connectivity index (χ4n) is 5.33. The van der Waals surface area contributed by atoms with Gasteiger partial charge in [0, 0.05) is 6.42 Å². The number of carbonyl (C=O) groups is 1. The molecular weight excluding hydrogens is 685 g/mol. The van der Waals surface area contributed by atoms with Gasteiger partial charge in [-0.25, -0.2) is 4.57 Å². The van der Waals surface area contributed by atoms with Crippen LogP contribution in [0.25, 0.3) is 0 Å². The molecule has 0 aliphatic heterocycles. The first-order valence-corrected chi connectivity index (χ1v) is 22.6. The van der Waals surface area contributed by atoms with Crippen molar-refractivity contribution in [2.45, 2.75) is 168 Å². The third-order valence-corrected chi connectivity index (χ3v) is 9.61. The van der Waals surface area contributed by atoms with Crippen molar-refractivity contribution >= 4 is 13.8 Å². The number of nitrogens with zero attached hydrogens (tertiary/aromatic N) is 1. The molecule has 1 N–H and O–H groups in total. The van der Waals surface area contributed by atoms with Crippen LogP contribution in [0.15, 0.2) is 60.9 Å². The van der Waals surface area contributed by atoms with Crippen LogP contribution in [-0.4, -0.2) is 69.0 Å². The predicted molar refractivity (Wildman–Crippen MR) is 224 cm³/mol. The minimum atomic E-state index is -4.30. The molecule has 9 heteroatoms. The van der Waals surface area contributed by atoms with Gasteiger partial charge in [0.05, 0.1) is 34.0 Å². The summed E-state index contributed by atoms with van der Waals surface area (Å²) in [5.41, 5.74) is 0. The van der Waals surface area contributed by atoms with Gasteiger partial charge in [-0.3, -0.25) is 13.8 Å². The lowest BCUT2D eigenvalue weighted by Crippen LogP contribution is -2.37. The molecule has 0 amide bonds. The van der Waals surface area contributed by atoms with Crippen molar-refractivity contribution in [2.24, 2.45) is 0 Å². The predicted octanol–water partition coefficient (Wildman–Crippen LogP) is 12.5. The zero-order valence-electron chi connectivity index (χ0n) is 34.7. The van der Waals surface area contributed by atoms with Gasteiger partial charge in [0.2, 0.25) is 0 Å². The zero-order valence-corrected chi connectivity index (χ0v) is 35.6. The van der Waals surface area contributed by atoms with E-state index < -0.39 is 13.9 Å². The Morgan fingerprint density at radius 1 is 0.604 bits per heavy atom. The lowest BCUT2D eigenvalue weighted by atomic mass is 10.0. The Balaban J connectivity index is 4.39. The Kier molecular flexibility index (Phi) is 35.6. The first-order chi connectivity index (χ1) is 25.6. The summed E-state index contributed by atoms with van der Waals surface area (Å²) in [6.07, 6.45) is 46.3. The number of allylic oxidation sites excluding steroid dienone is 9. The number of quaternary nitrogens is 1. The summed E-state index contributed by atoms with van der Waals surface area (Å²) in [4.78, 5) is 22.8. The molecule has 0 saturated carbocycles. The third-order valence-electron chi connectivity index (χ3n) is 8.63. The van der Waals surface area contributed by atoms with Gasteiger partial charge in [0.1, 0.15) is 19.8 Å². The lowest BCUT2D eigenvalue weighted by molar-refractivity contribution is -0.870. The van der Waals surface area contributed by atoms with E-state index in [1.165, 1.54) is 77.0 Å². The van der Waals surface area contributed by atoms with Gasteiger partial charge in [-0.05, 0) is 63.9 Å². The van der Waals surface area contributed by atoms with Gasteiger partial charge < -0.3 is 18.9 Å². The molecule has 308 valence electrons. The molecule has 0 radical (unpaired) electrons. The number of hydrogen-bond acceptors (Lipinski definition) is 6. The number of rotatable bonds is 38. The van der Waals surface area contributed by atoms with E-state index in [0.29, 0.717) is 17.4 Å². The summed E-state index contributed by atoms with van der Waals surface area (Å²) in [5.74, 6) is -0.367. The van der Waals surface area contributed by atoms with Gasteiger partial charge in [-0.2, -0.15) is 0 Å². The molecule has 1 unspecified atom stereocenters. The highest BCUT2D eigenvalue weighted by Gasteiger charge is 2.26. The van der Waals surface area contributed by atoms with Gasteiger partial charge in [-0.15, -0.1) is 0 Å². The quantitative estimate of drug-likeness (QED) is 0.0167. The van der Waals surface area contributed by atoms with Crippen molar-refractivity contribution in [1.82, 2.24) is 0 Å². The minimum absolute atomic E-state index is 0.0332. The number of unbranched alkanes of at least 4 members (excludes halogenated alkanes) is 16. The normalized spacial score (nSPS) is 14.4. The van der Waals surface area contributed by atoms with Crippen LogP contribution in [-0.2, 0) is 27.9 Å². The third kappa shape index (κ3) is 41.1. The van der Waals surface area contributed by atoms with Crippen molar-refractivity contribution in [3.63, 3.8) is 0 Å². The number of phosphoric acid groups is 1. The molecule has 0 aromatic carbocycles.